The van der Waals surface area contributed by atoms with Crippen molar-refractivity contribution in [1.82, 2.24) is 0 Å². The van der Waals surface area contributed by atoms with Crippen LogP contribution in [-0.4, -0.2) is 26.6 Å². The first-order valence-electron chi connectivity index (χ1n) is 4.98. The van der Waals surface area contributed by atoms with Crippen molar-refractivity contribution in [1.29, 1.82) is 0 Å². The lowest BCUT2D eigenvalue weighted by atomic mass is 10.2. The molecule has 0 saturated heterocycles. The number of anilines is 1. The summed E-state index contributed by atoms with van der Waals surface area (Å²) in [5.41, 5.74) is 0.954. The van der Waals surface area contributed by atoms with Crippen LogP contribution in [0.5, 0.6) is 11.5 Å². The minimum atomic E-state index is 0.531. The molecule has 0 fully saturated rings. The molecule has 3 nitrogen and oxygen atoms in total. The van der Waals surface area contributed by atoms with Crippen LogP contribution in [0.2, 0.25) is 0 Å². The molecule has 0 bridgehead atoms. The van der Waals surface area contributed by atoms with Crippen LogP contribution in [0.25, 0.3) is 0 Å². The summed E-state index contributed by atoms with van der Waals surface area (Å²) in [5.74, 6) is 2.06. The molecule has 0 saturated carbocycles. The fourth-order valence-electron chi connectivity index (χ4n) is 1.23. The van der Waals surface area contributed by atoms with Gasteiger partial charge >= 0.3 is 0 Å². The highest BCUT2D eigenvalue weighted by atomic mass is 35.5. The summed E-state index contributed by atoms with van der Waals surface area (Å²) in [6, 6.07) is 5.66. The minimum absolute atomic E-state index is 0.531. The fraction of sp³-hybridized carbons (Fsp3) is 0.333. The molecular formula is C12H16ClNO2. The zero-order chi connectivity index (χ0) is 11.8. The van der Waals surface area contributed by atoms with E-state index in [1.54, 1.807) is 14.2 Å². The van der Waals surface area contributed by atoms with Crippen molar-refractivity contribution in [2.24, 2.45) is 0 Å². The lowest BCUT2D eigenvalue weighted by Gasteiger charge is -2.09. The van der Waals surface area contributed by atoms with Crippen LogP contribution in [0.4, 0.5) is 5.69 Å². The van der Waals surface area contributed by atoms with Crippen LogP contribution in [0.3, 0.4) is 0 Å². The van der Waals surface area contributed by atoms with Crippen LogP contribution in [0.15, 0.2) is 30.4 Å². The highest BCUT2D eigenvalue weighted by molar-refractivity contribution is 6.18. The standard InChI is InChI=1S/C12H16ClNO2/c1-15-11-7-10(8-12(9-11)16-2)14-6-4-3-5-13/h3-4,7-9,14H,5-6H2,1-2H3/b4-3+. The van der Waals surface area contributed by atoms with E-state index in [2.05, 4.69) is 5.32 Å². The highest BCUT2D eigenvalue weighted by Gasteiger charge is 2.00. The quantitative estimate of drug-likeness (QED) is 0.614. The Morgan fingerprint density at radius 1 is 1.12 bits per heavy atom. The summed E-state index contributed by atoms with van der Waals surface area (Å²) in [5, 5.41) is 3.22. The molecule has 0 aromatic heterocycles. The lowest BCUT2D eigenvalue weighted by molar-refractivity contribution is 0.394. The maximum Gasteiger partial charge on any atom is 0.124 e. The van der Waals surface area contributed by atoms with Gasteiger partial charge in [0.2, 0.25) is 0 Å². The molecule has 88 valence electrons. The molecule has 16 heavy (non-hydrogen) atoms. The number of hydrogen-bond donors (Lipinski definition) is 1. The Balaban J connectivity index is 2.67. The summed E-state index contributed by atoms with van der Waals surface area (Å²) in [6.45, 7) is 0.725. The average Bonchev–Trinajstić information content (AvgIpc) is 2.34. The van der Waals surface area contributed by atoms with E-state index in [-0.39, 0.29) is 0 Å². The van der Waals surface area contributed by atoms with Gasteiger partial charge in [-0.2, -0.15) is 0 Å². The highest BCUT2D eigenvalue weighted by Crippen LogP contribution is 2.25. The topological polar surface area (TPSA) is 30.5 Å². The van der Waals surface area contributed by atoms with Crippen LogP contribution < -0.4 is 14.8 Å². The van der Waals surface area contributed by atoms with Crippen molar-refractivity contribution in [3.8, 4) is 11.5 Å². The second kappa shape index (κ2) is 7.01. The van der Waals surface area contributed by atoms with E-state index >= 15 is 0 Å². The summed E-state index contributed by atoms with van der Waals surface area (Å²) in [6.07, 6.45) is 3.87. The number of rotatable bonds is 6. The molecular weight excluding hydrogens is 226 g/mol. The van der Waals surface area contributed by atoms with Gasteiger partial charge in [0.25, 0.3) is 0 Å². The molecule has 1 aromatic rings. The molecule has 0 atom stereocenters. The number of nitrogens with one attached hydrogen (secondary N) is 1. The van der Waals surface area contributed by atoms with E-state index < -0.39 is 0 Å². The number of hydrogen-bond acceptors (Lipinski definition) is 3. The second-order valence-electron chi connectivity index (χ2n) is 3.11. The summed E-state index contributed by atoms with van der Waals surface area (Å²) < 4.78 is 10.3. The SMILES string of the molecule is COc1cc(NC/C=C/CCl)cc(OC)c1. The van der Waals surface area contributed by atoms with Gasteiger partial charge < -0.3 is 14.8 Å². The third-order valence-corrected chi connectivity index (χ3v) is 2.21. The van der Waals surface area contributed by atoms with Gasteiger partial charge in [0.15, 0.2) is 0 Å². The molecule has 0 aliphatic heterocycles. The summed E-state index contributed by atoms with van der Waals surface area (Å²) in [4.78, 5) is 0. The van der Waals surface area contributed by atoms with Crippen LogP contribution in [0.1, 0.15) is 0 Å². The van der Waals surface area contributed by atoms with Gasteiger partial charge in [-0.15, -0.1) is 11.6 Å². The predicted molar refractivity (Wildman–Crippen MR) is 67.9 cm³/mol. The molecule has 0 unspecified atom stereocenters. The van der Waals surface area contributed by atoms with Crippen molar-refractivity contribution >= 4 is 17.3 Å². The predicted octanol–water partition coefficient (Wildman–Crippen LogP) is 2.91. The molecule has 1 rings (SSSR count). The second-order valence-corrected chi connectivity index (χ2v) is 3.42. The van der Waals surface area contributed by atoms with Crippen LogP contribution in [-0.2, 0) is 0 Å². The Bertz CT molecular complexity index is 331. The molecule has 0 spiro atoms. The number of allylic oxidation sites excluding steroid dienone is 1. The zero-order valence-electron chi connectivity index (χ0n) is 9.50. The number of methoxy groups -OCH3 is 2. The van der Waals surface area contributed by atoms with E-state index in [0.29, 0.717) is 5.88 Å². The maximum atomic E-state index is 5.52. The van der Waals surface area contributed by atoms with Gasteiger partial charge in [-0.1, -0.05) is 12.2 Å². The number of ether oxygens (including phenoxy) is 2. The molecule has 4 heteroatoms. The molecule has 0 amide bonds. The minimum Gasteiger partial charge on any atom is -0.497 e. The molecule has 1 N–H and O–H groups in total. The van der Waals surface area contributed by atoms with E-state index in [4.69, 9.17) is 21.1 Å². The third-order valence-electron chi connectivity index (χ3n) is 2.03. The van der Waals surface area contributed by atoms with E-state index in [0.717, 1.165) is 23.7 Å². The van der Waals surface area contributed by atoms with Gasteiger partial charge in [0.05, 0.1) is 14.2 Å². The molecule has 1 aromatic carbocycles. The molecule has 0 aliphatic rings. The molecule has 0 heterocycles. The lowest BCUT2D eigenvalue weighted by Crippen LogP contribution is -1.99. The van der Waals surface area contributed by atoms with Gasteiger partial charge in [0, 0.05) is 36.3 Å². The zero-order valence-corrected chi connectivity index (χ0v) is 10.3. The fourth-order valence-corrected chi connectivity index (χ4v) is 1.36. The van der Waals surface area contributed by atoms with Crippen molar-refractivity contribution in [3.05, 3.63) is 30.4 Å². The Morgan fingerprint density at radius 2 is 1.75 bits per heavy atom. The first-order valence-corrected chi connectivity index (χ1v) is 5.51. The van der Waals surface area contributed by atoms with E-state index in [1.165, 1.54) is 0 Å². The van der Waals surface area contributed by atoms with Crippen molar-refractivity contribution < 1.29 is 9.47 Å². The first kappa shape index (κ1) is 12.7. The number of alkyl halides is 1. The largest absolute Gasteiger partial charge is 0.497 e. The number of benzene rings is 1. The molecule has 0 radical (unpaired) electrons. The van der Waals surface area contributed by atoms with Gasteiger partial charge in [-0.25, -0.2) is 0 Å². The molecule has 0 aliphatic carbocycles. The van der Waals surface area contributed by atoms with Crippen LogP contribution >= 0.6 is 11.6 Å². The van der Waals surface area contributed by atoms with E-state index in [1.807, 2.05) is 30.4 Å². The first-order chi connectivity index (χ1) is 7.80. The van der Waals surface area contributed by atoms with E-state index in [9.17, 15) is 0 Å². The van der Waals surface area contributed by atoms with Crippen LogP contribution in [0, 0.1) is 0 Å². The summed E-state index contributed by atoms with van der Waals surface area (Å²) in [7, 11) is 3.26. The van der Waals surface area contributed by atoms with Gasteiger partial charge in [-0.3, -0.25) is 0 Å². The average molecular weight is 242 g/mol. The Kier molecular flexibility index (Phi) is 5.57. The number of halogens is 1. The third kappa shape index (κ3) is 4.03. The summed E-state index contributed by atoms with van der Waals surface area (Å²) >= 11 is 5.52. The maximum absolute atomic E-state index is 5.52. The Labute approximate surface area is 101 Å². The monoisotopic (exact) mass is 241 g/mol. The Hall–Kier alpha value is -1.35. The van der Waals surface area contributed by atoms with Crippen molar-refractivity contribution in [3.63, 3.8) is 0 Å². The normalized spacial score (nSPS) is 10.4. The van der Waals surface area contributed by atoms with Crippen molar-refractivity contribution in [2.75, 3.05) is 32.0 Å². The van der Waals surface area contributed by atoms with Gasteiger partial charge in [-0.05, 0) is 0 Å². The Morgan fingerprint density at radius 3 is 2.25 bits per heavy atom. The smallest absolute Gasteiger partial charge is 0.124 e. The van der Waals surface area contributed by atoms with Gasteiger partial charge in [0.1, 0.15) is 11.5 Å². The van der Waals surface area contributed by atoms with Crippen molar-refractivity contribution in [2.45, 2.75) is 0 Å².